The summed E-state index contributed by atoms with van der Waals surface area (Å²) in [6, 6.07) is 0.571. The van der Waals surface area contributed by atoms with Gasteiger partial charge in [-0.2, -0.15) is 0 Å². The minimum absolute atomic E-state index is 0. The molecular weight excluding hydrogens is 429 g/mol. The molecular formula is C18H38IN5O. The zero-order valence-electron chi connectivity index (χ0n) is 16.7. The van der Waals surface area contributed by atoms with E-state index in [-0.39, 0.29) is 36.4 Å². The number of aliphatic imine (C=N–C) groups is 1. The highest BCUT2D eigenvalue weighted by molar-refractivity contribution is 14.0. The zero-order valence-corrected chi connectivity index (χ0v) is 19.0. The lowest BCUT2D eigenvalue weighted by molar-refractivity contribution is -0.127. The van der Waals surface area contributed by atoms with Gasteiger partial charge in [-0.15, -0.1) is 24.0 Å². The number of hydrogen-bond donors (Lipinski definition) is 2. The van der Waals surface area contributed by atoms with E-state index in [0.717, 1.165) is 32.0 Å². The van der Waals surface area contributed by atoms with Gasteiger partial charge in [0.25, 0.3) is 0 Å². The Labute approximate surface area is 171 Å². The Morgan fingerprint density at radius 3 is 2.64 bits per heavy atom. The van der Waals surface area contributed by atoms with Crippen LogP contribution in [-0.2, 0) is 4.79 Å². The number of halogens is 1. The minimum atomic E-state index is 0. The lowest BCUT2D eigenvalue weighted by Crippen LogP contribution is -2.45. The number of carbonyl (C=O) groups excluding carboxylic acids is 1. The second kappa shape index (κ2) is 13.6. The van der Waals surface area contributed by atoms with Crippen LogP contribution in [0.4, 0.5) is 0 Å². The smallest absolute Gasteiger partial charge is 0.243 e. The van der Waals surface area contributed by atoms with Gasteiger partial charge in [-0.05, 0) is 44.7 Å². The summed E-state index contributed by atoms with van der Waals surface area (Å²) >= 11 is 0. The first kappa shape index (κ1) is 24.4. The Morgan fingerprint density at radius 1 is 1.32 bits per heavy atom. The quantitative estimate of drug-likeness (QED) is 0.236. The van der Waals surface area contributed by atoms with Crippen LogP contribution >= 0.6 is 24.0 Å². The number of carbonyl (C=O) groups is 1. The van der Waals surface area contributed by atoms with Gasteiger partial charge in [0.2, 0.25) is 5.91 Å². The molecule has 1 fully saturated rings. The number of hydrogen-bond acceptors (Lipinski definition) is 3. The average molecular weight is 467 g/mol. The van der Waals surface area contributed by atoms with Crippen LogP contribution < -0.4 is 10.6 Å². The number of guanidine groups is 1. The van der Waals surface area contributed by atoms with Crippen LogP contribution in [0.15, 0.2) is 4.99 Å². The Bertz CT molecular complexity index is 401. The molecule has 1 saturated heterocycles. The number of likely N-dealkylation sites (N-methyl/N-ethyl adjacent to an activating group) is 2. The van der Waals surface area contributed by atoms with Crippen LogP contribution in [0.5, 0.6) is 0 Å². The lowest BCUT2D eigenvalue weighted by atomic mass is 10.1. The van der Waals surface area contributed by atoms with E-state index in [1.165, 1.54) is 25.8 Å². The maximum absolute atomic E-state index is 11.8. The van der Waals surface area contributed by atoms with E-state index in [1.807, 2.05) is 0 Å². The van der Waals surface area contributed by atoms with Gasteiger partial charge in [0, 0.05) is 33.2 Å². The molecule has 0 saturated carbocycles. The van der Waals surface area contributed by atoms with Crippen molar-refractivity contribution in [3.8, 4) is 0 Å². The number of likely N-dealkylation sites (tertiary alicyclic amines) is 1. The lowest BCUT2D eigenvalue weighted by Gasteiger charge is -2.24. The molecule has 1 atom stereocenters. The van der Waals surface area contributed by atoms with Crippen molar-refractivity contribution >= 4 is 35.8 Å². The largest absolute Gasteiger partial charge is 0.356 e. The zero-order chi connectivity index (χ0) is 17.9. The maximum atomic E-state index is 11.8. The van der Waals surface area contributed by atoms with E-state index in [1.54, 1.807) is 19.0 Å². The second-order valence-electron chi connectivity index (χ2n) is 7.22. The Balaban J connectivity index is 0.00000576. The summed E-state index contributed by atoms with van der Waals surface area (Å²) in [5, 5.41) is 6.81. The number of nitrogens with zero attached hydrogens (tertiary/aromatic N) is 3. The van der Waals surface area contributed by atoms with Gasteiger partial charge in [-0.1, -0.05) is 20.8 Å². The molecule has 0 aromatic heterocycles. The van der Waals surface area contributed by atoms with Crippen LogP contribution in [0.25, 0.3) is 0 Å². The van der Waals surface area contributed by atoms with Crippen molar-refractivity contribution < 1.29 is 4.79 Å². The molecule has 0 aromatic carbocycles. The van der Waals surface area contributed by atoms with Gasteiger partial charge in [-0.25, -0.2) is 4.99 Å². The van der Waals surface area contributed by atoms with E-state index in [2.05, 4.69) is 41.3 Å². The SMILES string of the molecule is CCN1CCCC1CNC(=NCC(=O)N(C)C)NCCCC(C)C.I. The van der Waals surface area contributed by atoms with Crippen molar-refractivity contribution in [2.45, 2.75) is 52.5 Å². The third kappa shape index (κ3) is 10.2. The van der Waals surface area contributed by atoms with Crippen molar-refractivity contribution in [2.24, 2.45) is 10.9 Å². The van der Waals surface area contributed by atoms with Crippen molar-refractivity contribution in [3.63, 3.8) is 0 Å². The predicted molar refractivity (Wildman–Crippen MR) is 117 cm³/mol. The van der Waals surface area contributed by atoms with E-state index in [0.29, 0.717) is 12.0 Å². The maximum Gasteiger partial charge on any atom is 0.243 e. The summed E-state index contributed by atoms with van der Waals surface area (Å²) in [4.78, 5) is 20.3. The van der Waals surface area contributed by atoms with Gasteiger partial charge in [-0.3, -0.25) is 9.69 Å². The van der Waals surface area contributed by atoms with Gasteiger partial charge < -0.3 is 15.5 Å². The molecule has 1 heterocycles. The standard InChI is InChI=1S/C18H37N5O.HI/c1-6-23-12-8-10-16(23)13-20-18(19-11-7-9-15(2)3)21-14-17(24)22(4)5;/h15-16H,6-14H2,1-5H3,(H2,19,20,21);1H. The molecule has 25 heavy (non-hydrogen) atoms. The molecule has 0 aliphatic carbocycles. The molecule has 7 heteroatoms. The Morgan fingerprint density at radius 2 is 2.04 bits per heavy atom. The van der Waals surface area contributed by atoms with Gasteiger partial charge in [0.05, 0.1) is 0 Å². The van der Waals surface area contributed by atoms with Crippen molar-refractivity contribution in [1.29, 1.82) is 0 Å². The molecule has 1 amide bonds. The summed E-state index contributed by atoms with van der Waals surface area (Å²) in [6.45, 7) is 10.9. The predicted octanol–water partition coefficient (Wildman–Crippen LogP) is 2.15. The second-order valence-corrected chi connectivity index (χ2v) is 7.22. The number of rotatable bonds is 9. The fourth-order valence-electron chi connectivity index (χ4n) is 2.94. The highest BCUT2D eigenvalue weighted by Gasteiger charge is 2.22. The Kier molecular flexibility index (Phi) is 13.3. The van der Waals surface area contributed by atoms with E-state index >= 15 is 0 Å². The molecule has 0 aromatic rings. The van der Waals surface area contributed by atoms with Crippen LogP contribution in [0.3, 0.4) is 0 Å². The number of amides is 1. The molecule has 148 valence electrons. The van der Waals surface area contributed by atoms with Crippen molar-refractivity contribution in [3.05, 3.63) is 0 Å². The first-order valence-corrected chi connectivity index (χ1v) is 9.40. The van der Waals surface area contributed by atoms with Gasteiger partial charge in [0.1, 0.15) is 6.54 Å². The molecule has 6 nitrogen and oxygen atoms in total. The van der Waals surface area contributed by atoms with Crippen molar-refractivity contribution in [1.82, 2.24) is 20.4 Å². The molecule has 0 bridgehead atoms. The average Bonchev–Trinajstić information content (AvgIpc) is 2.99. The van der Waals surface area contributed by atoms with Crippen LogP contribution in [0, 0.1) is 5.92 Å². The van der Waals surface area contributed by atoms with Crippen molar-refractivity contribution in [2.75, 3.05) is 46.8 Å². The molecule has 2 N–H and O–H groups in total. The summed E-state index contributed by atoms with van der Waals surface area (Å²) in [5.41, 5.74) is 0. The van der Waals surface area contributed by atoms with Gasteiger partial charge in [0.15, 0.2) is 5.96 Å². The molecule has 0 spiro atoms. The first-order valence-electron chi connectivity index (χ1n) is 9.40. The van der Waals surface area contributed by atoms with Crippen LogP contribution in [-0.4, -0.2) is 74.5 Å². The normalized spacial score (nSPS) is 18.2. The fraction of sp³-hybridized carbons (Fsp3) is 0.889. The molecule has 1 rings (SSSR count). The van der Waals surface area contributed by atoms with Crippen LogP contribution in [0.2, 0.25) is 0 Å². The first-order chi connectivity index (χ1) is 11.4. The fourth-order valence-corrected chi connectivity index (χ4v) is 2.94. The monoisotopic (exact) mass is 467 g/mol. The minimum Gasteiger partial charge on any atom is -0.356 e. The molecule has 1 unspecified atom stereocenters. The highest BCUT2D eigenvalue weighted by Crippen LogP contribution is 2.15. The van der Waals surface area contributed by atoms with Crippen LogP contribution in [0.1, 0.15) is 46.5 Å². The third-order valence-corrected chi connectivity index (χ3v) is 4.53. The summed E-state index contributed by atoms with van der Waals surface area (Å²) in [5.74, 6) is 1.50. The van der Waals surface area contributed by atoms with Gasteiger partial charge >= 0.3 is 0 Å². The molecule has 0 radical (unpaired) electrons. The van der Waals surface area contributed by atoms with E-state index in [9.17, 15) is 4.79 Å². The molecule has 1 aliphatic rings. The topological polar surface area (TPSA) is 60.0 Å². The third-order valence-electron chi connectivity index (χ3n) is 4.53. The van der Waals surface area contributed by atoms with E-state index < -0.39 is 0 Å². The number of nitrogens with one attached hydrogen (secondary N) is 2. The molecule has 1 aliphatic heterocycles. The summed E-state index contributed by atoms with van der Waals surface area (Å²) < 4.78 is 0. The summed E-state index contributed by atoms with van der Waals surface area (Å²) in [6.07, 6.45) is 4.82. The Hall–Kier alpha value is -0.570. The summed E-state index contributed by atoms with van der Waals surface area (Å²) in [7, 11) is 3.53. The van der Waals surface area contributed by atoms with E-state index in [4.69, 9.17) is 0 Å². The highest BCUT2D eigenvalue weighted by atomic mass is 127.